The van der Waals surface area contributed by atoms with Gasteiger partial charge in [0.2, 0.25) is 0 Å². The van der Waals surface area contributed by atoms with Crippen LogP contribution in [0.1, 0.15) is 44.9 Å². The predicted octanol–water partition coefficient (Wildman–Crippen LogP) is 2.75. The van der Waals surface area contributed by atoms with Gasteiger partial charge < -0.3 is 15.0 Å². The summed E-state index contributed by atoms with van der Waals surface area (Å²) in [6.45, 7) is 11.6. The number of likely N-dealkylation sites (tertiary alicyclic amines) is 1. The van der Waals surface area contributed by atoms with Gasteiger partial charge in [0.05, 0.1) is 0 Å². The molecule has 1 aliphatic heterocycles. The van der Waals surface area contributed by atoms with Crippen LogP contribution in [0.15, 0.2) is 12.3 Å². The first-order chi connectivity index (χ1) is 9.83. The molecule has 1 saturated heterocycles. The predicted molar refractivity (Wildman–Crippen MR) is 86.7 cm³/mol. The van der Waals surface area contributed by atoms with Crippen molar-refractivity contribution < 1.29 is 4.74 Å². The third kappa shape index (κ3) is 5.29. The molecule has 1 aromatic heterocycles. The molecule has 1 fully saturated rings. The number of pyridine rings is 1. The summed E-state index contributed by atoms with van der Waals surface area (Å²) in [5.74, 6) is 0.994. The summed E-state index contributed by atoms with van der Waals surface area (Å²) in [7, 11) is 2.17. The van der Waals surface area contributed by atoms with Crippen LogP contribution in [-0.2, 0) is 6.54 Å². The number of rotatable bonds is 4. The standard InChI is InChI=1S/C17H29N3O/c1-13-10-16(21-15-6-8-20(5)9-7-15)14(11-18-13)12-19-17(2,3)4/h10-11,15,19H,6-9,12H2,1-5H3. The van der Waals surface area contributed by atoms with Gasteiger partial charge in [-0.25, -0.2) is 0 Å². The van der Waals surface area contributed by atoms with Crippen molar-refractivity contribution in [2.24, 2.45) is 0 Å². The molecule has 1 N–H and O–H groups in total. The average molecular weight is 291 g/mol. The molecule has 0 amide bonds. The van der Waals surface area contributed by atoms with E-state index < -0.39 is 0 Å². The lowest BCUT2D eigenvalue weighted by atomic mass is 10.1. The smallest absolute Gasteiger partial charge is 0.127 e. The van der Waals surface area contributed by atoms with E-state index in [1.807, 2.05) is 13.1 Å². The lowest BCUT2D eigenvalue weighted by molar-refractivity contribution is 0.113. The number of aromatic nitrogens is 1. The van der Waals surface area contributed by atoms with Crippen LogP contribution < -0.4 is 10.1 Å². The van der Waals surface area contributed by atoms with Crippen LogP contribution in [0.2, 0.25) is 0 Å². The van der Waals surface area contributed by atoms with Crippen molar-refractivity contribution >= 4 is 0 Å². The summed E-state index contributed by atoms with van der Waals surface area (Å²) < 4.78 is 6.27. The van der Waals surface area contributed by atoms with Gasteiger partial charge in [-0.3, -0.25) is 4.98 Å². The van der Waals surface area contributed by atoms with Crippen LogP contribution in [0.25, 0.3) is 0 Å². The van der Waals surface area contributed by atoms with Crippen LogP contribution in [0.4, 0.5) is 0 Å². The quantitative estimate of drug-likeness (QED) is 0.925. The zero-order valence-electron chi connectivity index (χ0n) is 14.1. The van der Waals surface area contributed by atoms with Gasteiger partial charge in [-0.05, 0) is 47.6 Å². The molecule has 0 spiro atoms. The highest BCUT2D eigenvalue weighted by Crippen LogP contribution is 2.24. The lowest BCUT2D eigenvalue weighted by Gasteiger charge is -2.30. The second-order valence-corrected chi connectivity index (χ2v) is 7.16. The molecule has 0 atom stereocenters. The van der Waals surface area contributed by atoms with Crippen molar-refractivity contribution in [3.63, 3.8) is 0 Å². The second-order valence-electron chi connectivity index (χ2n) is 7.16. The van der Waals surface area contributed by atoms with E-state index >= 15 is 0 Å². The van der Waals surface area contributed by atoms with Gasteiger partial charge in [0.25, 0.3) is 0 Å². The van der Waals surface area contributed by atoms with Crippen LogP contribution >= 0.6 is 0 Å². The molecule has 118 valence electrons. The van der Waals surface area contributed by atoms with Crippen molar-refractivity contribution in [2.45, 2.75) is 58.7 Å². The molecule has 4 nitrogen and oxygen atoms in total. The summed E-state index contributed by atoms with van der Waals surface area (Å²) in [5, 5.41) is 3.51. The Morgan fingerprint density at radius 2 is 2.00 bits per heavy atom. The Morgan fingerprint density at radius 3 is 2.62 bits per heavy atom. The molecular weight excluding hydrogens is 262 g/mol. The van der Waals surface area contributed by atoms with E-state index in [9.17, 15) is 0 Å². The van der Waals surface area contributed by atoms with E-state index in [1.54, 1.807) is 0 Å². The van der Waals surface area contributed by atoms with E-state index in [4.69, 9.17) is 4.74 Å². The summed E-state index contributed by atoms with van der Waals surface area (Å²) in [4.78, 5) is 6.78. The highest BCUT2D eigenvalue weighted by Gasteiger charge is 2.20. The first-order valence-corrected chi connectivity index (χ1v) is 7.89. The number of aryl methyl sites for hydroxylation is 1. The number of ether oxygens (including phenoxy) is 1. The molecule has 0 saturated carbocycles. The molecule has 0 bridgehead atoms. The van der Waals surface area contributed by atoms with E-state index in [2.05, 4.69) is 49.1 Å². The van der Waals surface area contributed by atoms with E-state index in [0.29, 0.717) is 6.10 Å². The van der Waals surface area contributed by atoms with Crippen LogP contribution in [0, 0.1) is 6.92 Å². The lowest BCUT2D eigenvalue weighted by Crippen LogP contribution is -2.37. The summed E-state index contributed by atoms with van der Waals surface area (Å²) >= 11 is 0. The maximum Gasteiger partial charge on any atom is 0.127 e. The number of piperidine rings is 1. The van der Waals surface area contributed by atoms with Crippen molar-refractivity contribution in [1.29, 1.82) is 0 Å². The van der Waals surface area contributed by atoms with E-state index in [1.165, 1.54) is 0 Å². The highest BCUT2D eigenvalue weighted by atomic mass is 16.5. The first kappa shape index (κ1) is 16.2. The SMILES string of the molecule is Cc1cc(OC2CCN(C)CC2)c(CNC(C)(C)C)cn1. The molecule has 0 radical (unpaired) electrons. The molecule has 1 aliphatic rings. The van der Waals surface area contributed by atoms with Gasteiger partial charge in [0.15, 0.2) is 0 Å². The molecule has 0 aliphatic carbocycles. The number of nitrogens with zero attached hydrogens (tertiary/aromatic N) is 2. The molecule has 4 heteroatoms. The third-order valence-electron chi connectivity index (χ3n) is 3.85. The van der Waals surface area contributed by atoms with Crippen molar-refractivity contribution in [3.8, 4) is 5.75 Å². The Balaban J connectivity index is 2.04. The molecule has 2 heterocycles. The van der Waals surface area contributed by atoms with Gasteiger partial charge >= 0.3 is 0 Å². The fraction of sp³-hybridized carbons (Fsp3) is 0.706. The molecular formula is C17H29N3O. The molecule has 1 aromatic rings. The minimum atomic E-state index is 0.0930. The Bertz CT molecular complexity index is 460. The van der Waals surface area contributed by atoms with Gasteiger partial charge in [-0.2, -0.15) is 0 Å². The van der Waals surface area contributed by atoms with Gasteiger partial charge in [-0.15, -0.1) is 0 Å². The van der Waals surface area contributed by atoms with E-state index in [0.717, 1.165) is 49.5 Å². The highest BCUT2D eigenvalue weighted by molar-refractivity contribution is 5.33. The molecule has 0 aromatic carbocycles. The minimum absolute atomic E-state index is 0.0930. The van der Waals surface area contributed by atoms with Crippen LogP contribution in [0.5, 0.6) is 5.75 Å². The van der Waals surface area contributed by atoms with Crippen LogP contribution in [-0.4, -0.2) is 41.7 Å². The Morgan fingerprint density at radius 1 is 1.33 bits per heavy atom. The number of hydrogen-bond donors (Lipinski definition) is 1. The van der Waals surface area contributed by atoms with Gasteiger partial charge in [-0.1, -0.05) is 0 Å². The Kier molecular flexibility index (Phi) is 5.22. The third-order valence-corrected chi connectivity index (χ3v) is 3.85. The maximum atomic E-state index is 6.27. The fourth-order valence-electron chi connectivity index (χ4n) is 2.45. The number of hydrogen-bond acceptors (Lipinski definition) is 4. The van der Waals surface area contributed by atoms with Gasteiger partial charge in [0, 0.05) is 48.7 Å². The number of nitrogens with one attached hydrogen (secondary N) is 1. The topological polar surface area (TPSA) is 37.4 Å². The normalized spacial score (nSPS) is 18.0. The second kappa shape index (κ2) is 6.75. The van der Waals surface area contributed by atoms with E-state index in [-0.39, 0.29) is 5.54 Å². The molecule has 2 rings (SSSR count). The average Bonchev–Trinajstić information content (AvgIpc) is 2.39. The van der Waals surface area contributed by atoms with Crippen molar-refractivity contribution in [1.82, 2.24) is 15.2 Å². The fourth-order valence-corrected chi connectivity index (χ4v) is 2.45. The summed E-state index contributed by atoms with van der Waals surface area (Å²) in [6.07, 6.45) is 4.48. The largest absolute Gasteiger partial charge is 0.490 e. The minimum Gasteiger partial charge on any atom is -0.490 e. The van der Waals surface area contributed by atoms with Gasteiger partial charge in [0.1, 0.15) is 11.9 Å². The summed E-state index contributed by atoms with van der Waals surface area (Å²) in [5.41, 5.74) is 2.25. The molecule has 0 unspecified atom stereocenters. The zero-order valence-corrected chi connectivity index (χ0v) is 14.1. The van der Waals surface area contributed by atoms with Crippen molar-refractivity contribution in [2.75, 3.05) is 20.1 Å². The first-order valence-electron chi connectivity index (χ1n) is 7.89. The van der Waals surface area contributed by atoms with Crippen LogP contribution in [0.3, 0.4) is 0 Å². The van der Waals surface area contributed by atoms with Crippen molar-refractivity contribution in [3.05, 3.63) is 23.5 Å². The maximum absolute atomic E-state index is 6.27. The Hall–Kier alpha value is -1.13. The summed E-state index contributed by atoms with van der Waals surface area (Å²) in [6, 6.07) is 2.07. The Labute approximate surface area is 128 Å². The zero-order chi connectivity index (χ0) is 15.5. The monoisotopic (exact) mass is 291 g/mol. The molecule has 21 heavy (non-hydrogen) atoms.